The molecule has 1 atom stereocenters. The summed E-state index contributed by atoms with van der Waals surface area (Å²) >= 11 is 0. The van der Waals surface area contributed by atoms with Crippen molar-refractivity contribution >= 4 is 0 Å². The van der Waals surface area contributed by atoms with Crippen LogP contribution in [-0.2, 0) is 11.3 Å². The van der Waals surface area contributed by atoms with E-state index in [2.05, 4.69) is 0 Å². The molecule has 0 saturated carbocycles. The van der Waals surface area contributed by atoms with Gasteiger partial charge in [-0.15, -0.1) is 0 Å². The number of nitrogens with two attached hydrogens (primary N) is 1. The summed E-state index contributed by atoms with van der Waals surface area (Å²) in [6.07, 6.45) is -0.600. The lowest BCUT2D eigenvalue weighted by Crippen LogP contribution is -2.22. The molecule has 0 aliphatic carbocycles. The van der Waals surface area contributed by atoms with Gasteiger partial charge in [-0.1, -0.05) is 12.1 Å². The Morgan fingerprint density at radius 2 is 2.20 bits per heavy atom. The fourth-order valence-electron chi connectivity index (χ4n) is 1.20. The minimum atomic E-state index is -0.600. The van der Waals surface area contributed by atoms with Crippen LogP contribution in [0.4, 0.5) is 0 Å². The first-order chi connectivity index (χ1) is 7.26. The van der Waals surface area contributed by atoms with Crippen LogP contribution in [0.2, 0.25) is 0 Å². The van der Waals surface area contributed by atoms with Crippen molar-refractivity contribution in [2.24, 2.45) is 5.73 Å². The summed E-state index contributed by atoms with van der Waals surface area (Å²) in [5.74, 6) is 0.716. The fourth-order valence-corrected chi connectivity index (χ4v) is 1.20. The van der Waals surface area contributed by atoms with Crippen LogP contribution in [0.5, 0.6) is 5.75 Å². The Balaban J connectivity index is 2.43. The average Bonchev–Trinajstić information content (AvgIpc) is 2.27. The maximum Gasteiger partial charge on any atom is 0.119 e. The summed E-state index contributed by atoms with van der Waals surface area (Å²) in [5.41, 5.74) is 6.51. The number of aliphatic hydroxyl groups is 1. The van der Waals surface area contributed by atoms with Crippen LogP contribution in [-0.4, -0.2) is 31.5 Å². The highest BCUT2D eigenvalue weighted by Gasteiger charge is 2.04. The molecule has 0 aromatic heterocycles. The molecule has 3 N–H and O–H groups in total. The highest BCUT2D eigenvalue weighted by molar-refractivity contribution is 5.28. The van der Waals surface area contributed by atoms with Gasteiger partial charge < -0.3 is 20.3 Å². The highest BCUT2D eigenvalue weighted by Crippen LogP contribution is 2.12. The Labute approximate surface area is 89.6 Å². The molecule has 0 bridgehead atoms. The Bertz CT molecular complexity index is 291. The molecule has 0 spiro atoms. The smallest absolute Gasteiger partial charge is 0.119 e. The number of hydrogen-bond acceptors (Lipinski definition) is 4. The predicted molar refractivity (Wildman–Crippen MR) is 57.7 cm³/mol. The molecule has 1 unspecified atom stereocenters. The van der Waals surface area contributed by atoms with Gasteiger partial charge in [0, 0.05) is 13.7 Å². The monoisotopic (exact) mass is 211 g/mol. The normalized spacial score (nSPS) is 12.5. The second-order valence-corrected chi connectivity index (χ2v) is 3.27. The van der Waals surface area contributed by atoms with Gasteiger partial charge >= 0.3 is 0 Å². The lowest BCUT2D eigenvalue weighted by molar-refractivity contribution is 0.0325. The predicted octanol–water partition coefficient (Wildman–Crippen LogP) is 0.531. The van der Waals surface area contributed by atoms with E-state index in [1.807, 2.05) is 24.3 Å². The maximum absolute atomic E-state index is 9.36. The first-order valence-corrected chi connectivity index (χ1v) is 4.85. The number of benzene rings is 1. The largest absolute Gasteiger partial charge is 0.491 e. The second-order valence-electron chi connectivity index (χ2n) is 3.27. The van der Waals surface area contributed by atoms with Gasteiger partial charge in [0.15, 0.2) is 0 Å². The standard InChI is InChI=1S/C11H17NO3/c1-14-7-10(13)8-15-11-4-2-3-9(5-11)6-12/h2-5,10,13H,6-8,12H2,1H3. The van der Waals surface area contributed by atoms with E-state index in [1.54, 1.807) is 0 Å². The van der Waals surface area contributed by atoms with Gasteiger partial charge in [0.25, 0.3) is 0 Å². The van der Waals surface area contributed by atoms with Crippen LogP contribution >= 0.6 is 0 Å². The molecule has 0 fully saturated rings. The van der Waals surface area contributed by atoms with Gasteiger partial charge in [0.1, 0.15) is 18.5 Å². The Hall–Kier alpha value is -1.10. The Kier molecular flexibility index (Phi) is 5.10. The van der Waals surface area contributed by atoms with E-state index in [9.17, 15) is 5.11 Å². The minimum Gasteiger partial charge on any atom is -0.491 e. The molecular weight excluding hydrogens is 194 g/mol. The third kappa shape index (κ3) is 4.29. The van der Waals surface area contributed by atoms with E-state index in [4.69, 9.17) is 15.2 Å². The van der Waals surface area contributed by atoms with E-state index < -0.39 is 6.10 Å². The Morgan fingerprint density at radius 3 is 2.87 bits per heavy atom. The molecule has 4 heteroatoms. The number of ether oxygens (including phenoxy) is 2. The molecule has 0 amide bonds. The molecule has 1 aromatic rings. The topological polar surface area (TPSA) is 64.7 Å². The third-order valence-electron chi connectivity index (χ3n) is 1.94. The van der Waals surface area contributed by atoms with Crippen molar-refractivity contribution in [3.05, 3.63) is 29.8 Å². The highest BCUT2D eigenvalue weighted by atomic mass is 16.5. The van der Waals surface area contributed by atoms with Crippen molar-refractivity contribution in [3.8, 4) is 5.75 Å². The van der Waals surface area contributed by atoms with Crippen LogP contribution < -0.4 is 10.5 Å². The quantitative estimate of drug-likeness (QED) is 0.720. The van der Waals surface area contributed by atoms with E-state index in [0.29, 0.717) is 12.3 Å². The van der Waals surface area contributed by atoms with E-state index >= 15 is 0 Å². The molecule has 0 heterocycles. The van der Waals surface area contributed by atoms with Crippen LogP contribution in [0.15, 0.2) is 24.3 Å². The SMILES string of the molecule is COCC(O)COc1cccc(CN)c1. The molecule has 15 heavy (non-hydrogen) atoms. The summed E-state index contributed by atoms with van der Waals surface area (Å²) in [6, 6.07) is 7.50. The summed E-state index contributed by atoms with van der Waals surface area (Å²) in [5, 5.41) is 9.36. The van der Waals surface area contributed by atoms with Crippen molar-refractivity contribution in [1.82, 2.24) is 0 Å². The third-order valence-corrected chi connectivity index (χ3v) is 1.94. The van der Waals surface area contributed by atoms with Gasteiger partial charge in [0.2, 0.25) is 0 Å². The van der Waals surface area contributed by atoms with Crippen LogP contribution in [0.1, 0.15) is 5.56 Å². The van der Waals surface area contributed by atoms with Crippen molar-refractivity contribution in [2.45, 2.75) is 12.6 Å². The van der Waals surface area contributed by atoms with Crippen LogP contribution in [0, 0.1) is 0 Å². The van der Waals surface area contributed by atoms with Gasteiger partial charge in [-0.25, -0.2) is 0 Å². The zero-order valence-electron chi connectivity index (χ0n) is 8.85. The number of methoxy groups -OCH3 is 1. The first kappa shape index (κ1) is 12.0. The lowest BCUT2D eigenvalue weighted by Gasteiger charge is -2.11. The van der Waals surface area contributed by atoms with E-state index in [0.717, 1.165) is 5.56 Å². The lowest BCUT2D eigenvalue weighted by atomic mass is 10.2. The fraction of sp³-hybridized carbons (Fsp3) is 0.455. The molecule has 4 nitrogen and oxygen atoms in total. The van der Waals surface area contributed by atoms with Crippen molar-refractivity contribution < 1.29 is 14.6 Å². The Morgan fingerprint density at radius 1 is 1.40 bits per heavy atom. The molecule has 0 saturated heterocycles. The second kappa shape index (κ2) is 6.40. The van der Waals surface area contributed by atoms with Crippen molar-refractivity contribution in [3.63, 3.8) is 0 Å². The molecule has 1 rings (SSSR count). The zero-order chi connectivity index (χ0) is 11.1. The van der Waals surface area contributed by atoms with E-state index in [1.165, 1.54) is 7.11 Å². The molecule has 84 valence electrons. The van der Waals surface area contributed by atoms with Gasteiger partial charge in [-0.2, -0.15) is 0 Å². The van der Waals surface area contributed by atoms with Crippen molar-refractivity contribution in [2.75, 3.05) is 20.3 Å². The molecule has 0 radical (unpaired) electrons. The molecular formula is C11H17NO3. The average molecular weight is 211 g/mol. The summed E-state index contributed by atoms with van der Waals surface area (Å²) in [7, 11) is 1.54. The maximum atomic E-state index is 9.36. The number of aliphatic hydroxyl groups excluding tert-OH is 1. The minimum absolute atomic E-state index is 0.224. The summed E-state index contributed by atoms with van der Waals surface area (Å²) < 4.78 is 10.2. The molecule has 1 aromatic carbocycles. The number of hydrogen-bond donors (Lipinski definition) is 2. The zero-order valence-corrected chi connectivity index (χ0v) is 8.85. The van der Waals surface area contributed by atoms with Gasteiger partial charge in [-0.05, 0) is 17.7 Å². The van der Waals surface area contributed by atoms with Gasteiger partial charge in [0.05, 0.1) is 6.61 Å². The first-order valence-electron chi connectivity index (χ1n) is 4.85. The van der Waals surface area contributed by atoms with Gasteiger partial charge in [-0.3, -0.25) is 0 Å². The number of rotatable bonds is 6. The molecule has 0 aliphatic rings. The summed E-state index contributed by atoms with van der Waals surface area (Å²) in [6.45, 7) is 0.982. The van der Waals surface area contributed by atoms with E-state index in [-0.39, 0.29) is 13.2 Å². The van der Waals surface area contributed by atoms with Crippen LogP contribution in [0.25, 0.3) is 0 Å². The summed E-state index contributed by atoms with van der Waals surface area (Å²) in [4.78, 5) is 0. The van der Waals surface area contributed by atoms with Crippen molar-refractivity contribution in [1.29, 1.82) is 0 Å². The van der Waals surface area contributed by atoms with Crippen LogP contribution in [0.3, 0.4) is 0 Å². The molecule has 0 aliphatic heterocycles.